The maximum absolute atomic E-state index is 11.1. The molecule has 1 heterocycles. The minimum atomic E-state index is -0.595. The van der Waals surface area contributed by atoms with Crippen molar-refractivity contribution in [2.75, 3.05) is 5.73 Å². The van der Waals surface area contributed by atoms with Gasteiger partial charge < -0.3 is 16.0 Å². The minimum absolute atomic E-state index is 0.140. The Labute approximate surface area is 67.8 Å². The Morgan fingerprint density at radius 2 is 2.33 bits per heavy atom. The van der Waals surface area contributed by atoms with Gasteiger partial charge in [0.05, 0.1) is 0 Å². The van der Waals surface area contributed by atoms with Crippen molar-refractivity contribution in [2.24, 2.45) is 5.73 Å². The molecule has 0 spiro atoms. The number of nitrogens with two attached hydrogens (primary N) is 2. The van der Waals surface area contributed by atoms with Gasteiger partial charge in [0.15, 0.2) is 5.82 Å². The summed E-state index contributed by atoms with van der Waals surface area (Å²) in [5, 5.41) is 0. The smallest absolute Gasteiger partial charge is 0.293 e. The van der Waals surface area contributed by atoms with E-state index < -0.39 is 11.5 Å². The van der Waals surface area contributed by atoms with Gasteiger partial charge in [0.25, 0.3) is 5.56 Å². The molecule has 12 heavy (non-hydrogen) atoms. The highest BCUT2D eigenvalue weighted by Gasteiger charge is 2.01. The van der Waals surface area contributed by atoms with Crippen LogP contribution in [0.3, 0.4) is 0 Å². The fourth-order valence-electron chi connectivity index (χ4n) is 0.757. The first-order chi connectivity index (χ1) is 5.61. The molecule has 0 unspecified atom stereocenters. The third kappa shape index (κ3) is 1.60. The molecule has 1 aromatic heterocycles. The first-order valence-corrected chi connectivity index (χ1v) is 3.20. The molecule has 0 radical (unpaired) electrons. The molecular formula is C6H8N4O2. The number of rotatable bonds is 2. The van der Waals surface area contributed by atoms with E-state index in [4.69, 9.17) is 11.5 Å². The molecule has 1 amide bonds. The lowest BCUT2D eigenvalue weighted by Crippen LogP contribution is -2.29. The second-order valence-corrected chi connectivity index (χ2v) is 2.21. The largest absolute Gasteiger partial charge is 0.379 e. The molecule has 0 saturated heterocycles. The normalized spacial score (nSPS) is 9.67. The molecule has 64 valence electrons. The topological polar surface area (TPSA) is 104 Å². The van der Waals surface area contributed by atoms with Crippen molar-refractivity contribution in [1.29, 1.82) is 0 Å². The maximum Gasteiger partial charge on any atom is 0.293 e. The number of primary amides is 1. The van der Waals surface area contributed by atoms with E-state index in [0.29, 0.717) is 0 Å². The highest BCUT2D eigenvalue weighted by Crippen LogP contribution is 1.84. The number of anilines is 1. The van der Waals surface area contributed by atoms with Gasteiger partial charge >= 0.3 is 0 Å². The Morgan fingerprint density at radius 1 is 1.67 bits per heavy atom. The predicted octanol–water partition coefficient (Wildman–Crippen LogP) is -1.69. The van der Waals surface area contributed by atoms with Crippen molar-refractivity contribution < 1.29 is 4.79 Å². The minimum Gasteiger partial charge on any atom is -0.379 e. The first kappa shape index (κ1) is 8.25. The van der Waals surface area contributed by atoms with Crippen LogP contribution in [0.2, 0.25) is 0 Å². The van der Waals surface area contributed by atoms with Gasteiger partial charge in [0, 0.05) is 12.4 Å². The Morgan fingerprint density at radius 3 is 2.92 bits per heavy atom. The van der Waals surface area contributed by atoms with Gasteiger partial charge in [-0.05, 0) is 0 Å². The summed E-state index contributed by atoms with van der Waals surface area (Å²) >= 11 is 0. The summed E-state index contributed by atoms with van der Waals surface area (Å²) < 4.78 is 1.10. The predicted molar refractivity (Wildman–Crippen MR) is 42.1 cm³/mol. The lowest BCUT2D eigenvalue weighted by Gasteiger charge is -2.00. The average Bonchev–Trinajstić information content (AvgIpc) is 1.98. The molecule has 0 aliphatic heterocycles. The molecule has 1 rings (SSSR count). The van der Waals surface area contributed by atoms with Crippen molar-refractivity contribution in [3.63, 3.8) is 0 Å². The third-order valence-electron chi connectivity index (χ3n) is 1.27. The number of nitrogens with zero attached hydrogens (tertiary/aromatic N) is 2. The summed E-state index contributed by atoms with van der Waals surface area (Å²) in [4.78, 5) is 25.0. The molecule has 6 nitrogen and oxygen atoms in total. The molecule has 0 saturated carbocycles. The molecule has 0 fully saturated rings. The molecule has 6 heteroatoms. The number of hydrogen-bond donors (Lipinski definition) is 2. The van der Waals surface area contributed by atoms with Gasteiger partial charge in [-0.25, -0.2) is 4.98 Å². The van der Waals surface area contributed by atoms with Crippen LogP contribution >= 0.6 is 0 Å². The van der Waals surface area contributed by atoms with E-state index in [1.54, 1.807) is 0 Å². The van der Waals surface area contributed by atoms with Crippen LogP contribution < -0.4 is 17.0 Å². The third-order valence-corrected chi connectivity index (χ3v) is 1.27. The number of hydrogen-bond acceptors (Lipinski definition) is 4. The van der Waals surface area contributed by atoms with E-state index >= 15 is 0 Å². The van der Waals surface area contributed by atoms with Crippen LogP contribution in [0.4, 0.5) is 5.82 Å². The lowest BCUT2D eigenvalue weighted by molar-refractivity contribution is -0.118. The quantitative estimate of drug-likeness (QED) is 0.549. The zero-order valence-corrected chi connectivity index (χ0v) is 6.23. The van der Waals surface area contributed by atoms with Gasteiger partial charge in [0.1, 0.15) is 6.54 Å². The summed E-state index contributed by atoms with van der Waals surface area (Å²) in [6.07, 6.45) is 2.68. The Bertz CT molecular complexity index is 357. The van der Waals surface area contributed by atoms with Gasteiger partial charge in [-0.1, -0.05) is 0 Å². The highest BCUT2D eigenvalue weighted by atomic mass is 16.2. The molecule has 1 aromatic rings. The molecule has 4 N–H and O–H groups in total. The standard InChI is InChI=1S/C6H8N4O2/c7-4(11)3-10-2-1-9-5(8)6(10)12/h1-2H,3H2,(H2,7,11)(H2,8,9). The van der Waals surface area contributed by atoms with Crippen molar-refractivity contribution >= 4 is 11.7 Å². The van der Waals surface area contributed by atoms with Gasteiger partial charge in [0.2, 0.25) is 5.91 Å². The molecule has 0 bridgehead atoms. The highest BCUT2D eigenvalue weighted by molar-refractivity contribution is 5.73. The average molecular weight is 168 g/mol. The van der Waals surface area contributed by atoms with Gasteiger partial charge in [-0.3, -0.25) is 9.59 Å². The second-order valence-electron chi connectivity index (χ2n) is 2.21. The second kappa shape index (κ2) is 3.04. The summed E-state index contributed by atoms with van der Waals surface area (Å²) in [5.41, 5.74) is 9.58. The summed E-state index contributed by atoms with van der Waals surface area (Å²) in [7, 11) is 0. The van der Waals surface area contributed by atoms with Crippen LogP contribution in [0.25, 0.3) is 0 Å². The van der Waals surface area contributed by atoms with Crippen LogP contribution in [0, 0.1) is 0 Å². The van der Waals surface area contributed by atoms with Crippen LogP contribution in [0.5, 0.6) is 0 Å². The first-order valence-electron chi connectivity index (χ1n) is 3.20. The summed E-state index contributed by atoms with van der Waals surface area (Å²) in [5.74, 6) is -0.735. The van der Waals surface area contributed by atoms with E-state index in [1.807, 2.05) is 0 Å². The van der Waals surface area contributed by atoms with Crippen LogP contribution in [-0.2, 0) is 11.3 Å². The van der Waals surface area contributed by atoms with E-state index in [9.17, 15) is 9.59 Å². The fraction of sp³-hybridized carbons (Fsp3) is 0.167. The fourth-order valence-corrected chi connectivity index (χ4v) is 0.757. The summed E-state index contributed by atoms with van der Waals surface area (Å²) in [6, 6.07) is 0. The molecule has 0 atom stereocenters. The SMILES string of the molecule is NC(=O)Cn1ccnc(N)c1=O. The zero-order valence-electron chi connectivity index (χ0n) is 6.23. The van der Waals surface area contributed by atoms with E-state index in [-0.39, 0.29) is 12.4 Å². The van der Waals surface area contributed by atoms with E-state index in [0.717, 1.165) is 4.57 Å². The van der Waals surface area contributed by atoms with Crippen LogP contribution in [-0.4, -0.2) is 15.5 Å². The Balaban J connectivity index is 3.09. The Kier molecular flexibility index (Phi) is 2.09. The van der Waals surface area contributed by atoms with Crippen molar-refractivity contribution in [3.8, 4) is 0 Å². The number of aromatic nitrogens is 2. The van der Waals surface area contributed by atoms with Crippen molar-refractivity contribution in [3.05, 3.63) is 22.7 Å². The Hall–Kier alpha value is -1.85. The zero-order chi connectivity index (χ0) is 9.14. The monoisotopic (exact) mass is 168 g/mol. The van der Waals surface area contributed by atoms with Crippen molar-refractivity contribution in [2.45, 2.75) is 6.54 Å². The number of nitrogen functional groups attached to an aromatic ring is 1. The maximum atomic E-state index is 11.1. The number of carbonyl (C=O) groups excluding carboxylic acids is 1. The van der Waals surface area contributed by atoms with Gasteiger partial charge in [-0.2, -0.15) is 0 Å². The van der Waals surface area contributed by atoms with E-state index in [2.05, 4.69) is 4.98 Å². The van der Waals surface area contributed by atoms with Gasteiger partial charge in [-0.15, -0.1) is 0 Å². The molecule has 0 aliphatic carbocycles. The van der Waals surface area contributed by atoms with Crippen LogP contribution in [0.1, 0.15) is 0 Å². The number of carbonyl (C=O) groups is 1. The van der Waals surface area contributed by atoms with Crippen molar-refractivity contribution in [1.82, 2.24) is 9.55 Å². The molecule has 0 aromatic carbocycles. The summed E-state index contributed by atoms with van der Waals surface area (Å²) in [6.45, 7) is -0.175. The molecular weight excluding hydrogens is 160 g/mol. The molecule has 0 aliphatic rings. The van der Waals surface area contributed by atoms with E-state index in [1.165, 1.54) is 12.4 Å². The number of amides is 1. The van der Waals surface area contributed by atoms with Crippen LogP contribution in [0.15, 0.2) is 17.2 Å². The lowest BCUT2D eigenvalue weighted by atomic mass is 10.5.